The molecule has 3 aromatic rings. The first-order valence-electron chi connectivity index (χ1n) is 7.62. The molecule has 0 unspecified atom stereocenters. The Bertz CT molecular complexity index is 803. The van der Waals surface area contributed by atoms with Crippen LogP contribution in [0.4, 0.5) is 4.39 Å². The van der Waals surface area contributed by atoms with Crippen LogP contribution in [0.2, 0.25) is 0 Å². The Labute approximate surface area is 136 Å². The summed E-state index contributed by atoms with van der Waals surface area (Å²) in [6.07, 6.45) is 5.01. The number of hydrogen-bond donors (Lipinski definition) is 0. The predicted molar refractivity (Wildman–Crippen MR) is 91.6 cm³/mol. The highest BCUT2D eigenvalue weighted by molar-refractivity contribution is 5.71. The average Bonchev–Trinajstić information content (AvgIpc) is 2.55. The second kappa shape index (κ2) is 5.92. The number of hydrogen-bond acceptors (Lipinski definition) is 2. The summed E-state index contributed by atoms with van der Waals surface area (Å²) >= 11 is 0. The molecule has 0 N–H and O–H groups in total. The van der Waals surface area contributed by atoms with Gasteiger partial charge in [0.1, 0.15) is 0 Å². The maximum absolute atomic E-state index is 14.2. The summed E-state index contributed by atoms with van der Waals surface area (Å²) in [6.45, 7) is 6.48. The SMILES string of the molecule is CC(C)(C)c1ccc(-c2cc(-c3cccnc3)cnc2F)cc1. The zero-order valence-electron chi connectivity index (χ0n) is 13.5. The maximum Gasteiger partial charge on any atom is 0.220 e. The summed E-state index contributed by atoms with van der Waals surface area (Å²) in [5, 5.41) is 0. The Balaban J connectivity index is 2.03. The highest BCUT2D eigenvalue weighted by Gasteiger charge is 2.14. The van der Waals surface area contributed by atoms with E-state index in [1.54, 1.807) is 18.6 Å². The van der Waals surface area contributed by atoms with Crippen molar-refractivity contribution in [3.05, 3.63) is 72.6 Å². The smallest absolute Gasteiger partial charge is 0.220 e. The van der Waals surface area contributed by atoms with Gasteiger partial charge in [0.2, 0.25) is 5.95 Å². The first kappa shape index (κ1) is 15.3. The Morgan fingerprint density at radius 2 is 1.61 bits per heavy atom. The molecule has 0 fully saturated rings. The van der Waals surface area contributed by atoms with Crippen molar-refractivity contribution >= 4 is 0 Å². The Kier molecular flexibility index (Phi) is 3.95. The van der Waals surface area contributed by atoms with Gasteiger partial charge in [-0.25, -0.2) is 4.98 Å². The summed E-state index contributed by atoms with van der Waals surface area (Å²) in [4.78, 5) is 8.01. The van der Waals surface area contributed by atoms with E-state index in [1.165, 1.54) is 5.56 Å². The number of benzene rings is 1. The second-order valence-corrected chi connectivity index (χ2v) is 6.63. The molecule has 0 saturated heterocycles. The molecular formula is C20H19FN2. The van der Waals surface area contributed by atoms with E-state index in [9.17, 15) is 4.39 Å². The molecule has 2 aromatic heterocycles. The largest absolute Gasteiger partial charge is 0.264 e. The molecule has 23 heavy (non-hydrogen) atoms. The molecule has 0 bridgehead atoms. The summed E-state index contributed by atoms with van der Waals surface area (Å²) in [6, 6.07) is 13.6. The Morgan fingerprint density at radius 3 is 2.22 bits per heavy atom. The summed E-state index contributed by atoms with van der Waals surface area (Å²) in [5.41, 5.74) is 4.41. The van der Waals surface area contributed by atoms with Crippen LogP contribution < -0.4 is 0 Å². The quantitative estimate of drug-likeness (QED) is 0.604. The van der Waals surface area contributed by atoms with E-state index in [0.29, 0.717) is 5.56 Å². The van der Waals surface area contributed by atoms with Crippen LogP contribution in [0.15, 0.2) is 61.1 Å². The van der Waals surface area contributed by atoms with E-state index in [4.69, 9.17) is 0 Å². The lowest BCUT2D eigenvalue weighted by atomic mass is 9.86. The van der Waals surface area contributed by atoms with E-state index in [2.05, 4.69) is 30.7 Å². The van der Waals surface area contributed by atoms with Crippen LogP contribution in [-0.4, -0.2) is 9.97 Å². The van der Waals surface area contributed by atoms with E-state index in [0.717, 1.165) is 16.7 Å². The van der Waals surface area contributed by atoms with Gasteiger partial charge in [-0.1, -0.05) is 51.1 Å². The van der Waals surface area contributed by atoms with E-state index in [-0.39, 0.29) is 5.41 Å². The van der Waals surface area contributed by atoms with Gasteiger partial charge in [0.25, 0.3) is 0 Å². The van der Waals surface area contributed by atoms with Crippen LogP contribution in [0.5, 0.6) is 0 Å². The van der Waals surface area contributed by atoms with E-state index >= 15 is 0 Å². The number of nitrogens with zero attached hydrogens (tertiary/aromatic N) is 2. The minimum absolute atomic E-state index is 0.0763. The normalized spacial score (nSPS) is 11.5. The average molecular weight is 306 g/mol. The van der Waals surface area contributed by atoms with Gasteiger partial charge < -0.3 is 0 Å². The molecule has 0 atom stereocenters. The minimum Gasteiger partial charge on any atom is -0.264 e. The van der Waals surface area contributed by atoms with Crippen molar-refractivity contribution in [1.29, 1.82) is 0 Å². The van der Waals surface area contributed by atoms with Crippen molar-refractivity contribution in [2.45, 2.75) is 26.2 Å². The highest BCUT2D eigenvalue weighted by atomic mass is 19.1. The summed E-state index contributed by atoms with van der Waals surface area (Å²) < 4.78 is 14.2. The third-order valence-electron chi connectivity index (χ3n) is 3.90. The zero-order valence-corrected chi connectivity index (χ0v) is 13.5. The van der Waals surface area contributed by atoms with Crippen LogP contribution in [0.25, 0.3) is 22.3 Å². The predicted octanol–water partition coefficient (Wildman–Crippen LogP) is 5.25. The van der Waals surface area contributed by atoms with Crippen LogP contribution in [0.1, 0.15) is 26.3 Å². The molecule has 116 valence electrons. The van der Waals surface area contributed by atoms with Gasteiger partial charge in [-0.2, -0.15) is 4.39 Å². The minimum atomic E-state index is -0.457. The molecule has 0 spiro atoms. The van der Waals surface area contributed by atoms with Crippen LogP contribution >= 0.6 is 0 Å². The number of halogens is 1. The molecule has 0 aliphatic heterocycles. The number of aromatic nitrogens is 2. The fourth-order valence-corrected chi connectivity index (χ4v) is 2.49. The van der Waals surface area contributed by atoms with Gasteiger partial charge in [0.15, 0.2) is 0 Å². The van der Waals surface area contributed by atoms with Crippen LogP contribution in [0.3, 0.4) is 0 Å². The molecule has 0 amide bonds. The van der Waals surface area contributed by atoms with Crippen LogP contribution in [-0.2, 0) is 5.41 Å². The lowest BCUT2D eigenvalue weighted by molar-refractivity contribution is 0.587. The zero-order chi connectivity index (χ0) is 16.4. The Morgan fingerprint density at radius 1 is 0.870 bits per heavy atom. The number of pyridine rings is 2. The van der Waals surface area contributed by atoms with Crippen molar-refractivity contribution in [2.75, 3.05) is 0 Å². The molecule has 3 heteroatoms. The molecular weight excluding hydrogens is 287 g/mol. The van der Waals surface area contributed by atoms with Crippen molar-refractivity contribution in [3.63, 3.8) is 0 Å². The van der Waals surface area contributed by atoms with Crippen molar-refractivity contribution in [1.82, 2.24) is 9.97 Å². The summed E-state index contributed by atoms with van der Waals surface area (Å²) in [7, 11) is 0. The fourth-order valence-electron chi connectivity index (χ4n) is 2.49. The highest BCUT2D eigenvalue weighted by Crippen LogP contribution is 2.29. The van der Waals surface area contributed by atoms with Crippen molar-refractivity contribution in [2.24, 2.45) is 0 Å². The van der Waals surface area contributed by atoms with Gasteiger partial charge >= 0.3 is 0 Å². The molecule has 2 nitrogen and oxygen atoms in total. The van der Waals surface area contributed by atoms with Crippen LogP contribution in [0, 0.1) is 5.95 Å². The molecule has 1 aromatic carbocycles. The van der Waals surface area contributed by atoms with E-state index in [1.807, 2.05) is 42.5 Å². The van der Waals surface area contributed by atoms with E-state index < -0.39 is 5.95 Å². The lowest BCUT2D eigenvalue weighted by Crippen LogP contribution is -2.10. The molecule has 0 saturated carbocycles. The third kappa shape index (κ3) is 3.29. The molecule has 2 heterocycles. The molecule has 3 rings (SSSR count). The fraction of sp³-hybridized carbons (Fsp3) is 0.200. The molecule has 0 aliphatic carbocycles. The number of rotatable bonds is 2. The monoisotopic (exact) mass is 306 g/mol. The summed E-state index contributed by atoms with van der Waals surface area (Å²) in [5.74, 6) is -0.457. The Hall–Kier alpha value is -2.55. The van der Waals surface area contributed by atoms with Crippen molar-refractivity contribution < 1.29 is 4.39 Å². The first-order chi connectivity index (χ1) is 10.9. The van der Waals surface area contributed by atoms with Gasteiger partial charge in [0, 0.05) is 35.3 Å². The van der Waals surface area contributed by atoms with Gasteiger partial charge in [-0.15, -0.1) is 0 Å². The van der Waals surface area contributed by atoms with Gasteiger partial charge in [0.05, 0.1) is 0 Å². The third-order valence-corrected chi connectivity index (χ3v) is 3.90. The van der Waals surface area contributed by atoms with Crippen molar-refractivity contribution in [3.8, 4) is 22.3 Å². The lowest BCUT2D eigenvalue weighted by Gasteiger charge is -2.19. The first-order valence-corrected chi connectivity index (χ1v) is 7.62. The topological polar surface area (TPSA) is 25.8 Å². The van der Waals surface area contributed by atoms with Gasteiger partial charge in [-0.3, -0.25) is 4.98 Å². The van der Waals surface area contributed by atoms with Gasteiger partial charge in [-0.05, 0) is 28.7 Å². The standard InChI is InChI=1S/C20H19FN2/c1-20(2,3)17-8-6-14(7-9-17)18-11-16(13-23-19(18)21)15-5-4-10-22-12-15/h4-13H,1-3H3. The molecule has 0 radical (unpaired) electrons. The maximum atomic E-state index is 14.2. The second-order valence-electron chi connectivity index (χ2n) is 6.63. The molecule has 0 aliphatic rings.